The number of unbranched alkanes of at least 4 members (excludes halogenated alkanes) is 2. The maximum absolute atomic E-state index is 9.21. The van der Waals surface area contributed by atoms with E-state index in [4.69, 9.17) is 24.1 Å². The molecule has 6 heteroatoms. The Morgan fingerprint density at radius 3 is 1.88 bits per heavy atom. The Bertz CT molecular complexity index is 263. The highest BCUT2D eigenvalue weighted by molar-refractivity contribution is 4.50. The molecule has 0 aromatic rings. The van der Waals surface area contributed by atoms with E-state index < -0.39 is 12.4 Å². The third-order valence-corrected chi connectivity index (χ3v) is 3.41. The van der Waals surface area contributed by atoms with Gasteiger partial charge in [-0.15, -0.1) is 0 Å². The lowest BCUT2D eigenvalue weighted by atomic mass is 10.3. The molecule has 0 saturated heterocycles. The summed E-state index contributed by atoms with van der Waals surface area (Å²) >= 11 is 0. The van der Waals surface area contributed by atoms with E-state index in [0.29, 0.717) is 26.2 Å². The van der Waals surface area contributed by atoms with Crippen molar-refractivity contribution in [3.8, 4) is 0 Å². The number of rotatable bonds is 16. The van der Waals surface area contributed by atoms with Gasteiger partial charge in [0.25, 0.3) is 0 Å². The number of aliphatic hydroxyl groups excluding tert-OH is 2. The average Bonchev–Trinajstić information content (AvgIpc) is 2.63. The second-order valence-electron chi connectivity index (χ2n) is 6.48. The van der Waals surface area contributed by atoms with Crippen LogP contribution < -0.4 is 0 Å². The number of hydrogen-bond acceptors (Lipinski definition) is 6. The predicted octanol–water partition coefficient (Wildman–Crippen LogP) is 3.87. The van der Waals surface area contributed by atoms with Crippen molar-refractivity contribution in [3.63, 3.8) is 0 Å². The van der Waals surface area contributed by atoms with Gasteiger partial charge in [0.2, 0.25) is 0 Å². The molecule has 2 N–H and O–H groups in total. The van der Waals surface area contributed by atoms with Gasteiger partial charge in [-0.05, 0) is 39.5 Å². The van der Waals surface area contributed by atoms with E-state index in [9.17, 15) is 5.11 Å². The third-order valence-electron chi connectivity index (χ3n) is 3.41. The maximum atomic E-state index is 9.21. The smallest absolute Gasteiger partial charge is 0.160 e. The summed E-state index contributed by atoms with van der Waals surface area (Å²) in [6.07, 6.45) is 4.55. The Kier molecular flexibility index (Phi) is 22.7. The van der Waals surface area contributed by atoms with Crippen LogP contribution >= 0.6 is 0 Å². The summed E-state index contributed by atoms with van der Waals surface area (Å²) in [5.74, 6) is 0. The standard InChI is InChI=1S/2C10H22O3/c1-4-5-6-12-8-10(3)13-7-9(2)11;1-4-7-8-12-10(6-3)13-9(11)5-2/h2*9-11H,4-8H2,1-3H3. The van der Waals surface area contributed by atoms with Crippen molar-refractivity contribution in [1.29, 1.82) is 0 Å². The highest BCUT2D eigenvalue weighted by atomic mass is 16.7. The monoisotopic (exact) mass is 380 g/mol. The van der Waals surface area contributed by atoms with Crippen LogP contribution in [0.15, 0.2) is 0 Å². The van der Waals surface area contributed by atoms with E-state index in [1.807, 2.05) is 20.8 Å². The van der Waals surface area contributed by atoms with E-state index in [0.717, 1.165) is 38.7 Å². The summed E-state index contributed by atoms with van der Waals surface area (Å²) in [5.41, 5.74) is 0. The Balaban J connectivity index is 0. The van der Waals surface area contributed by atoms with Gasteiger partial charge in [0, 0.05) is 13.2 Å². The molecule has 0 radical (unpaired) electrons. The topological polar surface area (TPSA) is 77.4 Å². The van der Waals surface area contributed by atoms with Gasteiger partial charge < -0.3 is 29.2 Å². The van der Waals surface area contributed by atoms with Crippen molar-refractivity contribution in [2.45, 2.75) is 105 Å². The van der Waals surface area contributed by atoms with Crippen molar-refractivity contribution in [1.82, 2.24) is 0 Å². The number of hydrogen-bond donors (Lipinski definition) is 2. The van der Waals surface area contributed by atoms with E-state index in [1.165, 1.54) is 0 Å². The van der Waals surface area contributed by atoms with E-state index >= 15 is 0 Å². The minimum Gasteiger partial charge on any atom is -0.391 e. The Morgan fingerprint density at radius 2 is 1.38 bits per heavy atom. The van der Waals surface area contributed by atoms with Gasteiger partial charge in [0.05, 0.1) is 25.4 Å². The lowest BCUT2D eigenvalue weighted by Crippen LogP contribution is -2.23. The minimum atomic E-state index is -0.688. The van der Waals surface area contributed by atoms with Crippen molar-refractivity contribution >= 4 is 0 Å². The second kappa shape index (κ2) is 21.1. The van der Waals surface area contributed by atoms with Crippen LogP contribution in [0.5, 0.6) is 0 Å². The first kappa shape index (κ1) is 28.0. The van der Waals surface area contributed by atoms with Gasteiger partial charge in [-0.3, -0.25) is 0 Å². The minimum absolute atomic E-state index is 0.0754. The fraction of sp³-hybridized carbons (Fsp3) is 1.00. The zero-order valence-electron chi connectivity index (χ0n) is 17.9. The predicted molar refractivity (Wildman–Crippen MR) is 105 cm³/mol. The number of ether oxygens (including phenoxy) is 4. The van der Waals surface area contributed by atoms with Gasteiger partial charge in [0.15, 0.2) is 12.6 Å². The molecule has 26 heavy (non-hydrogen) atoms. The molecule has 0 aromatic carbocycles. The molecule has 0 aliphatic heterocycles. The summed E-state index contributed by atoms with van der Waals surface area (Å²) in [6.45, 7) is 14.3. The molecule has 0 bridgehead atoms. The molecule has 0 aromatic heterocycles. The Hall–Kier alpha value is -0.240. The van der Waals surface area contributed by atoms with Crippen molar-refractivity contribution in [3.05, 3.63) is 0 Å². The van der Waals surface area contributed by atoms with Crippen LogP contribution in [-0.4, -0.2) is 61.4 Å². The molecular weight excluding hydrogens is 336 g/mol. The van der Waals surface area contributed by atoms with E-state index in [-0.39, 0.29) is 12.4 Å². The first-order chi connectivity index (χ1) is 12.4. The zero-order chi connectivity index (χ0) is 20.2. The lowest BCUT2D eigenvalue weighted by molar-refractivity contribution is -0.229. The lowest BCUT2D eigenvalue weighted by Gasteiger charge is -2.19. The maximum Gasteiger partial charge on any atom is 0.160 e. The number of aliphatic hydroxyl groups is 2. The summed E-state index contributed by atoms with van der Waals surface area (Å²) in [7, 11) is 0. The summed E-state index contributed by atoms with van der Waals surface area (Å²) < 4.78 is 21.3. The summed E-state index contributed by atoms with van der Waals surface area (Å²) in [4.78, 5) is 0. The summed E-state index contributed by atoms with van der Waals surface area (Å²) in [5, 5.41) is 18.2. The van der Waals surface area contributed by atoms with Crippen LogP contribution in [0.1, 0.15) is 80.1 Å². The molecule has 0 heterocycles. The SMILES string of the molecule is CCCCOC(CC)OC(O)CC.CCCCOCC(C)OCC(C)O. The highest BCUT2D eigenvalue weighted by Crippen LogP contribution is 2.06. The van der Waals surface area contributed by atoms with Crippen LogP contribution in [0.2, 0.25) is 0 Å². The average molecular weight is 381 g/mol. The van der Waals surface area contributed by atoms with Crippen LogP contribution in [0.25, 0.3) is 0 Å². The van der Waals surface area contributed by atoms with Gasteiger partial charge in [0.1, 0.15) is 0 Å². The summed E-state index contributed by atoms with van der Waals surface area (Å²) in [6, 6.07) is 0. The molecule has 0 spiro atoms. The normalized spacial score (nSPS) is 15.7. The zero-order valence-corrected chi connectivity index (χ0v) is 17.9. The van der Waals surface area contributed by atoms with Crippen molar-refractivity contribution in [2.75, 3.05) is 26.4 Å². The van der Waals surface area contributed by atoms with Crippen LogP contribution in [0.4, 0.5) is 0 Å². The van der Waals surface area contributed by atoms with Gasteiger partial charge >= 0.3 is 0 Å². The largest absolute Gasteiger partial charge is 0.391 e. The Morgan fingerprint density at radius 1 is 0.769 bits per heavy atom. The molecule has 6 nitrogen and oxygen atoms in total. The van der Waals surface area contributed by atoms with Crippen molar-refractivity contribution in [2.24, 2.45) is 0 Å². The van der Waals surface area contributed by atoms with Crippen LogP contribution in [0, 0.1) is 0 Å². The van der Waals surface area contributed by atoms with Gasteiger partial charge in [-0.2, -0.15) is 0 Å². The molecule has 0 saturated carbocycles. The van der Waals surface area contributed by atoms with Gasteiger partial charge in [-0.25, -0.2) is 0 Å². The molecule has 0 rings (SSSR count). The second-order valence-corrected chi connectivity index (χ2v) is 6.48. The van der Waals surface area contributed by atoms with Crippen molar-refractivity contribution < 1.29 is 29.2 Å². The third kappa shape index (κ3) is 21.8. The molecule has 0 aliphatic rings. The molecule has 160 valence electrons. The first-order valence-corrected chi connectivity index (χ1v) is 10.2. The quantitative estimate of drug-likeness (QED) is 0.313. The van der Waals surface area contributed by atoms with Gasteiger partial charge in [-0.1, -0.05) is 40.5 Å². The molecule has 0 amide bonds. The molecule has 0 aliphatic carbocycles. The molecular formula is C20H44O6. The first-order valence-electron chi connectivity index (χ1n) is 10.2. The molecule has 4 atom stereocenters. The van der Waals surface area contributed by atoms with Crippen LogP contribution in [0.3, 0.4) is 0 Å². The van der Waals surface area contributed by atoms with Crippen LogP contribution in [-0.2, 0) is 18.9 Å². The van der Waals surface area contributed by atoms with E-state index in [2.05, 4.69) is 13.8 Å². The molecule has 0 fully saturated rings. The Labute approximate surface area is 161 Å². The fourth-order valence-corrected chi connectivity index (χ4v) is 1.73. The van der Waals surface area contributed by atoms with E-state index in [1.54, 1.807) is 6.92 Å². The molecule has 4 unspecified atom stereocenters. The fourth-order valence-electron chi connectivity index (χ4n) is 1.73. The highest BCUT2D eigenvalue weighted by Gasteiger charge is 2.10.